The van der Waals surface area contributed by atoms with Crippen molar-refractivity contribution >= 4 is 17.5 Å². The van der Waals surface area contributed by atoms with Crippen molar-refractivity contribution in [2.24, 2.45) is 5.92 Å². The molecule has 0 saturated carbocycles. The highest BCUT2D eigenvalue weighted by atomic mass is 16.2. The molecule has 0 bridgehead atoms. The lowest BCUT2D eigenvalue weighted by Crippen LogP contribution is -2.34. The summed E-state index contributed by atoms with van der Waals surface area (Å²) in [6.45, 7) is 1.01. The normalized spacial score (nSPS) is 18.8. The lowest BCUT2D eigenvalue weighted by molar-refractivity contribution is -0.126. The molecule has 4 rings (SSSR count). The number of carbonyl (C=O) groups excluding carboxylic acids is 2. The van der Waals surface area contributed by atoms with Crippen molar-refractivity contribution in [2.45, 2.75) is 32.1 Å². The summed E-state index contributed by atoms with van der Waals surface area (Å²) < 4.78 is 0. The second kappa shape index (κ2) is 7.28. The van der Waals surface area contributed by atoms with Crippen LogP contribution in [0.1, 0.15) is 29.7 Å². The molecule has 26 heavy (non-hydrogen) atoms. The molecule has 1 atom stereocenters. The second-order valence-electron chi connectivity index (χ2n) is 7.07. The van der Waals surface area contributed by atoms with Gasteiger partial charge in [0.05, 0.1) is 5.92 Å². The van der Waals surface area contributed by atoms with Crippen molar-refractivity contribution in [1.29, 1.82) is 0 Å². The largest absolute Gasteiger partial charge is 0.355 e. The molecule has 0 unspecified atom stereocenters. The third-order valence-electron chi connectivity index (χ3n) is 5.30. The first kappa shape index (κ1) is 16.8. The lowest BCUT2D eigenvalue weighted by Gasteiger charge is -2.18. The molecular weight excluding hydrogens is 326 g/mol. The van der Waals surface area contributed by atoms with Crippen molar-refractivity contribution < 1.29 is 9.59 Å². The Balaban J connectivity index is 1.34. The standard InChI is InChI=1S/C21H23N3O2/c25-20-13-17(21(26)23-11-9-18-6-1-2-10-22-18)14-24(20)19-8-7-15-4-3-5-16(15)12-19/h1-2,6-8,10,12,17H,3-5,9,11,13-14H2,(H,23,26)/t17-/m0/s1. The SMILES string of the molecule is O=C(NCCc1ccccn1)[C@H]1CC(=O)N(c2ccc3c(c2)CCC3)C1. The van der Waals surface area contributed by atoms with E-state index in [1.807, 2.05) is 24.3 Å². The van der Waals surface area contributed by atoms with Crippen molar-refractivity contribution in [3.8, 4) is 0 Å². The number of hydrogen-bond donors (Lipinski definition) is 1. The molecule has 5 nitrogen and oxygen atoms in total. The summed E-state index contributed by atoms with van der Waals surface area (Å²) in [6.07, 6.45) is 6.14. The Morgan fingerprint density at radius 2 is 2.08 bits per heavy atom. The van der Waals surface area contributed by atoms with Gasteiger partial charge in [-0.25, -0.2) is 0 Å². The van der Waals surface area contributed by atoms with Crippen LogP contribution >= 0.6 is 0 Å². The van der Waals surface area contributed by atoms with Crippen LogP contribution in [0.2, 0.25) is 0 Å². The third kappa shape index (κ3) is 3.47. The van der Waals surface area contributed by atoms with Gasteiger partial charge in [0.15, 0.2) is 0 Å². The maximum absolute atomic E-state index is 12.4. The predicted molar refractivity (Wildman–Crippen MR) is 99.9 cm³/mol. The zero-order valence-electron chi connectivity index (χ0n) is 14.8. The van der Waals surface area contributed by atoms with Gasteiger partial charge in [-0.1, -0.05) is 12.1 Å². The van der Waals surface area contributed by atoms with Crippen molar-refractivity contribution in [1.82, 2.24) is 10.3 Å². The molecule has 1 aromatic heterocycles. The van der Waals surface area contributed by atoms with E-state index in [2.05, 4.69) is 22.4 Å². The van der Waals surface area contributed by atoms with E-state index >= 15 is 0 Å². The Labute approximate surface area is 153 Å². The van der Waals surface area contributed by atoms with Gasteiger partial charge in [0.2, 0.25) is 11.8 Å². The average molecular weight is 349 g/mol. The number of hydrogen-bond acceptors (Lipinski definition) is 3. The van der Waals surface area contributed by atoms with E-state index in [1.165, 1.54) is 17.5 Å². The van der Waals surface area contributed by atoms with E-state index in [0.717, 1.165) is 24.2 Å². The van der Waals surface area contributed by atoms with Gasteiger partial charge in [0.25, 0.3) is 0 Å². The molecular formula is C21H23N3O2. The minimum absolute atomic E-state index is 0.0350. The Kier molecular flexibility index (Phi) is 4.69. The highest BCUT2D eigenvalue weighted by molar-refractivity contribution is 6.00. The number of amides is 2. The summed E-state index contributed by atoms with van der Waals surface area (Å²) in [5, 5.41) is 2.95. The zero-order valence-corrected chi connectivity index (χ0v) is 14.8. The second-order valence-corrected chi connectivity index (χ2v) is 7.07. The minimum Gasteiger partial charge on any atom is -0.355 e. The molecule has 134 valence electrons. The summed E-state index contributed by atoms with van der Waals surface area (Å²) in [5.74, 6) is -0.287. The van der Waals surface area contributed by atoms with Crippen LogP contribution in [0, 0.1) is 5.92 Å². The third-order valence-corrected chi connectivity index (χ3v) is 5.30. The van der Waals surface area contributed by atoms with Crippen LogP contribution in [-0.4, -0.2) is 29.9 Å². The van der Waals surface area contributed by atoms with Gasteiger partial charge < -0.3 is 10.2 Å². The number of anilines is 1. The fourth-order valence-electron chi connectivity index (χ4n) is 3.86. The summed E-state index contributed by atoms with van der Waals surface area (Å²) in [4.78, 5) is 30.9. The predicted octanol–water partition coefficient (Wildman–Crippen LogP) is 2.28. The molecule has 1 aliphatic heterocycles. The van der Waals surface area contributed by atoms with E-state index in [4.69, 9.17) is 0 Å². The number of carbonyl (C=O) groups is 2. The number of aryl methyl sites for hydroxylation is 2. The van der Waals surface area contributed by atoms with Crippen LogP contribution in [0.4, 0.5) is 5.69 Å². The number of pyridine rings is 1. The maximum Gasteiger partial charge on any atom is 0.227 e. The Morgan fingerprint density at radius 3 is 2.92 bits per heavy atom. The molecule has 2 aromatic rings. The van der Waals surface area contributed by atoms with E-state index in [-0.39, 0.29) is 24.2 Å². The van der Waals surface area contributed by atoms with Crippen LogP contribution in [0.5, 0.6) is 0 Å². The van der Waals surface area contributed by atoms with E-state index in [9.17, 15) is 9.59 Å². The van der Waals surface area contributed by atoms with Crippen LogP contribution in [0.15, 0.2) is 42.6 Å². The molecule has 0 spiro atoms. The molecule has 1 fully saturated rings. The van der Waals surface area contributed by atoms with Gasteiger partial charge in [-0.2, -0.15) is 0 Å². The van der Waals surface area contributed by atoms with Crippen molar-refractivity contribution in [2.75, 3.05) is 18.0 Å². The Bertz CT molecular complexity index is 819. The first-order valence-electron chi connectivity index (χ1n) is 9.30. The topological polar surface area (TPSA) is 62.3 Å². The van der Waals surface area contributed by atoms with E-state index in [1.54, 1.807) is 11.1 Å². The Morgan fingerprint density at radius 1 is 1.19 bits per heavy atom. The number of rotatable bonds is 5. The molecule has 1 saturated heterocycles. The molecule has 1 N–H and O–H groups in total. The molecule has 1 aromatic carbocycles. The van der Waals surface area contributed by atoms with Crippen LogP contribution in [0.25, 0.3) is 0 Å². The van der Waals surface area contributed by atoms with Crippen LogP contribution in [0.3, 0.4) is 0 Å². The zero-order chi connectivity index (χ0) is 17.9. The molecule has 0 radical (unpaired) electrons. The summed E-state index contributed by atoms with van der Waals surface area (Å²) in [6, 6.07) is 12.0. The lowest BCUT2D eigenvalue weighted by atomic mass is 10.1. The van der Waals surface area contributed by atoms with Gasteiger partial charge in [0, 0.05) is 43.5 Å². The number of aromatic nitrogens is 1. The molecule has 5 heteroatoms. The van der Waals surface area contributed by atoms with Gasteiger partial charge in [0.1, 0.15) is 0 Å². The molecule has 2 heterocycles. The van der Waals surface area contributed by atoms with Gasteiger partial charge in [-0.15, -0.1) is 0 Å². The average Bonchev–Trinajstić information content (AvgIpc) is 3.28. The van der Waals surface area contributed by atoms with E-state index < -0.39 is 0 Å². The number of nitrogens with zero attached hydrogens (tertiary/aromatic N) is 2. The highest BCUT2D eigenvalue weighted by Gasteiger charge is 2.35. The summed E-state index contributed by atoms with van der Waals surface area (Å²) in [7, 11) is 0. The van der Waals surface area contributed by atoms with E-state index in [0.29, 0.717) is 19.5 Å². The monoisotopic (exact) mass is 349 g/mol. The molecule has 2 amide bonds. The van der Waals surface area contributed by atoms with Crippen molar-refractivity contribution in [3.05, 3.63) is 59.4 Å². The Hall–Kier alpha value is -2.69. The molecule has 1 aliphatic carbocycles. The highest BCUT2D eigenvalue weighted by Crippen LogP contribution is 2.30. The number of benzene rings is 1. The van der Waals surface area contributed by atoms with Gasteiger partial charge in [-0.05, 0) is 54.7 Å². The maximum atomic E-state index is 12.4. The minimum atomic E-state index is -0.278. The first-order chi connectivity index (χ1) is 12.7. The van der Waals surface area contributed by atoms with Crippen LogP contribution < -0.4 is 10.2 Å². The molecule has 2 aliphatic rings. The quantitative estimate of drug-likeness (QED) is 0.901. The first-order valence-corrected chi connectivity index (χ1v) is 9.30. The van der Waals surface area contributed by atoms with Gasteiger partial charge >= 0.3 is 0 Å². The fourth-order valence-corrected chi connectivity index (χ4v) is 3.86. The summed E-state index contributed by atoms with van der Waals surface area (Å²) >= 11 is 0. The fraction of sp³-hybridized carbons (Fsp3) is 0.381. The number of fused-ring (bicyclic) bond motifs is 1. The smallest absolute Gasteiger partial charge is 0.227 e. The number of nitrogens with one attached hydrogen (secondary N) is 1. The van der Waals surface area contributed by atoms with Crippen molar-refractivity contribution in [3.63, 3.8) is 0 Å². The van der Waals surface area contributed by atoms with Crippen LogP contribution in [-0.2, 0) is 28.9 Å². The summed E-state index contributed by atoms with van der Waals surface area (Å²) in [5.41, 5.74) is 4.62. The van der Waals surface area contributed by atoms with Gasteiger partial charge in [-0.3, -0.25) is 14.6 Å².